The highest BCUT2D eigenvalue weighted by atomic mass is 127. The van der Waals surface area contributed by atoms with E-state index in [9.17, 15) is 19.8 Å². The van der Waals surface area contributed by atoms with Crippen molar-refractivity contribution in [1.29, 1.82) is 0 Å². The molecule has 0 radical (unpaired) electrons. The Morgan fingerprint density at radius 1 is 1.22 bits per heavy atom. The first kappa shape index (κ1) is 23.0. The molecule has 1 aliphatic heterocycles. The number of aliphatic hydroxyl groups is 2. The smallest absolute Gasteiger partial charge is 0.329 e. The van der Waals surface area contributed by atoms with Gasteiger partial charge in [0, 0.05) is 22.1 Å². The summed E-state index contributed by atoms with van der Waals surface area (Å²) in [6.45, 7) is 1.35. The molecule has 2 aromatic carbocycles. The van der Waals surface area contributed by atoms with Crippen molar-refractivity contribution in [2.24, 2.45) is 5.92 Å². The second-order valence-corrected chi connectivity index (χ2v) is 9.72. The molecule has 4 rings (SSSR count). The monoisotopic (exact) mass is 550 g/mol. The van der Waals surface area contributed by atoms with Gasteiger partial charge in [0.1, 0.15) is 12.1 Å². The molecule has 0 unspecified atom stereocenters. The van der Waals surface area contributed by atoms with Crippen molar-refractivity contribution in [3.63, 3.8) is 0 Å². The zero-order valence-corrected chi connectivity index (χ0v) is 19.9. The summed E-state index contributed by atoms with van der Waals surface area (Å²) >= 11 is 2.21. The topological polar surface area (TPSA) is 99.1 Å². The van der Waals surface area contributed by atoms with E-state index in [0.717, 1.165) is 15.6 Å². The standard InChI is InChI=1S/C24H27IN2O5/c1-14-21(20(29)13-28)22(23(30)32-14)27(12-15-7-9-17(25)10-8-15)24(31)26-19-11-18(19)16-5-3-2-4-6-16/h2-10,14,18-22,28-29H,11-13H2,1H3,(H,26,31)/t14-,18-,19+,20-,21+,22-/m1/s1. The summed E-state index contributed by atoms with van der Waals surface area (Å²) < 4.78 is 6.44. The van der Waals surface area contributed by atoms with Crippen molar-refractivity contribution in [1.82, 2.24) is 10.2 Å². The highest BCUT2D eigenvalue weighted by Crippen LogP contribution is 2.41. The Kier molecular flexibility index (Phi) is 7.02. The molecule has 0 spiro atoms. The van der Waals surface area contributed by atoms with Crippen LogP contribution in [-0.2, 0) is 16.1 Å². The number of rotatable bonds is 7. The molecule has 8 heteroatoms. The average Bonchev–Trinajstić information content (AvgIpc) is 3.49. The average molecular weight is 550 g/mol. The molecule has 32 heavy (non-hydrogen) atoms. The van der Waals surface area contributed by atoms with E-state index >= 15 is 0 Å². The first-order valence-corrected chi connectivity index (χ1v) is 11.8. The van der Waals surface area contributed by atoms with Gasteiger partial charge in [-0.3, -0.25) is 0 Å². The number of hydrogen-bond acceptors (Lipinski definition) is 5. The van der Waals surface area contributed by atoms with Crippen LogP contribution in [0.25, 0.3) is 0 Å². The lowest BCUT2D eigenvalue weighted by Gasteiger charge is -2.32. The maximum Gasteiger partial charge on any atom is 0.329 e. The van der Waals surface area contributed by atoms with Gasteiger partial charge in [0.2, 0.25) is 0 Å². The first-order valence-electron chi connectivity index (χ1n) is 10.7. The SMILES string of the molecule is C[C@H]1OC(=O)[C@H](N(Cc2ccc(I)cc2)C(=O)N[C@H]2C[C@@H]2c2ccccc2)[C@@H]1[C@H](O)CO. The summed E-state index contributed by atoms with van der Waals surface area (Å²) in [5, 5.41) is 23.0. The van der Waals surface area contributed by atoms with Gasteiger partial charge in [0.05, 0.1) is 18.6 Å². The van der Waals surface area contributed by atoms with Gasteiger partial charge in [0.25, 0.3) is 0 Å². The molecular weight excluding hydrogens is 523 g/mol. The predicted molar refractivity (Wildman–Crippen MR) is 127 cm³/mol. The molecule has 2 aliphatic rings. The van der Waals surface area contributed by atoms with Gasteiger partial charge in [0.15, 0.2) is 0 Å². The molecule has 1 aliphatic carbocycles. The molecule has 3 N–H and O–H groups in total. The van der Waals surface area contributed by atoms with Crippen molar-refractivity contribution >= 4 is 34.6 Å². The third-order valence-electron chi connectivity index (χ3n) is 6.27. The van der Waals surface area contributed by atoms with E-state index < -0.39 is 36.7 Å². The number of aliphatic hydroxyl groups excluding tert-OH is 2. The molecule has 1 saturated carbocycles. The Bertz CT molecular complexity index is 955. The van der Waals surface area contributed by atoms with E-state index in [1.807, 2.05) is 54.6 Å². The molecule has 1 heterocycles. The second kappa shape index (κ2) is 9.76. The van der Waals surface area contributed by atoms with E-state index in [1.165, 1.54) is 10.5 Å². The van der Waals surface area contributed by atoms with E-state index in [-0.39, 0.29) is 24.5 Å². The molecule has 1 saturated heterocycles. The summed E-state index contributed by atoms with van der Waals surface area (Å²) in [6, 6.07) is 16.3. The molecule has 0 bridgehead atoms. The van der Waals surface area contributed by atoms with Crippen LogP contribution >= 0.6 is 22.6 Å². The second-order valence-electron chi connectivity index (χ2n) is 8.48. The molecule has 2 aromatic rings. The van der Waals surface area contributed by atoms with Gasteiger partial charge < -0.3 is 25.2 Å². The minimum Gasteiger partial charge on any atom is -0.461 e. The van der Waals surface area contributed by atoms with E-state index in [0.29, 0.717) is 0 Å². The quantitative estimate of drug-likeness (QED) is 0.364. The molecule has 7 nitrogen and oxygen atoms in total. The third-order valence-corrected chi connectivity index (χ3v) is 6.99. The van der Waals surface area contributed by atoms with Crippen molar-refractivity contribution in [2.45, 2.75) is 50.1 Å². The van der Waals surface area contributed by atoms with Crippen LogP contribution in [0.3, 0.4) is 0 Å². The lowest BCUT2D eigenvalue weighted by atomic mass is 9.90. The van der Waals surface area contributed by atoms with Gasteiger partial charge in [-0.15, -0.1) is 0 Å². The van der Waals surface area contributed by atoms with Crippen molar-refractivity contribution in [3.8, 4) is 0 Å². The molecule has 2 amide bonds. The molecule has 170 valence electrons. The normalized spacial score (nSPS) is 27.5. The van der Waals surface area contributed by atoms with E-state index in [2.05, 4.69) is 27.9 Å². The summed E-state index contributed by atoms with van der Waals surface area (Å²) in [7, 11) is 0. The molecule has 6 atom stereocenters. The van der Waals surface area contributed by atoms with E-state index in [4.69, 9.17) is 4.74 Å². The van der Waals surface area contributed by atoms with Crippen LogP contribution in [0.4, 0.5) is 4.79 Å². The zero-order valence-electron chi connectivity index (χ0n) is 17.7. The van der Waals surface area contributed by atoms with Gasteiger partial charge in [-0.1, -0.05) is 42.5 Å². The number of nitrogens with one attached hydrogen (secondary N) is 1. The van der Waals surface area contributed by atoms with Crippen molar-refractivity contribution < 1.29 is 24.5 Å². The predicted octanol–water partition coefficient (Wildman–Crippen LogP) is 2.64. The molecule has 0 aromatic heterocycles. The van der Waals surface area contributed by atoms with Gasteiger partial charge >= 0.3 is 12.0 Å². The lowest BCUT2D eigenvalue weighted by Crippen LogP contribution is -2.53. The number of esters is 1. The van der Waals surface area contributed by atoms with Crippen LogP contribution in [-0.4, -0.2) is 58.0 Å². The zero-order chi connectivity index (χ0) is 22.8. The number of carbonyl (C=O) groups excluding carboxylic acids is 2. The number of nitrogens with zero attached hydrogens (tertiary/aromatic N) is 1. The minimum absolute atomic E-state index is 0.0137. The Labute approximate surface area is 200 Å². The number of ether oxygens (including phenoxy) is 1. The maximum absolute atomic E-state index is 13.4. The maximum atomic E-state index is 13.4. The van der Waals surface area contributed by atoms with Gasteiger partial charge in [-0.2, -0.15) is 0 Å². The first-order chi connectivity index (χ1) is 15.4. The molecule has 2 fully saturated rings. The Balaban J connectivity index is 1.56. The van der Waals surface area contributed by atoms with Crippen molar-refractivity contribution in [3.05, 3.63) is 69.3 Å². The largest absolute Gasteiger partial charge is 0.461 e. The van der Waals surface area contributed by atoms with Gasteiger partial charge in [-0.05, 0) is 59.2 Å². The fourth-order valence-corrected chi connectivity index (χ4v) is 4.83. The summed E-state index contributed by atoms with van der Waals surface area (Å²) in [5.74, 6) is -1.04. The number of cyclic esters (lactones) is 1. The van der Waals surface area contributed by atoms with Crippen LogP contribution in [0, 0.1) is 9.49 Å². The number of urea groups is 1. The fraction of sp³-hybridized carbons (Fsp3) is 0.417. The highest BCUT2D eigenvalue weighted by Gasteiger charge is 2.51. The summed E-state index contributed by atoms with van der Waals surface area (Å²) in [6.07, 6.45) is -0.951. The van der Waals surface area contributed by atoms with Crippen molar-refractivity contribution in [2.75, 3.05) is 6.61 Å². The number of benzene rings is 2. The highest BCUT2D eigenvalue weighted by molar-refractivity contribution is 14.1. The number of halogens is 1. The van der Waals surface area contributed by atoms with Crippen LogP contribution in [0.1, 0.15) is 30.4 Å². The third kappa shape index (κ3) is 4.92. The fourth-order valence-electron chi connectivity index (χ4n) is 4.47. The number of carbonyl (C=O) groups is 2. The Morgan fingerprint density at radius 3 is 2.56 bits per heavy atom. The Morgan fingerprint density at radius 2 is 1.91 bits per heavy atom. The van der Waals surface area contributed by atoms with Crippen LogP contribution in [0.15, 0.2) is 54.6 Å². The molecular formula is C24H27IN2O5. The summed E-state index contributed by atoms with van der Waals surface area (Å²) in [5.41, 5.74) is 2.03. The minimum atomic E-state index is -1.17. The van der Waals surface area contributed by atoms with Crippen LogP contribution < -0.4 is 5.32 Å². The van der Waals surface area contributed by atoms with Crippen LogP contribution in [0.5, 0.6) is 0 Å². The lowest BCUT2D eigenvalue weighted by molar-refractivity contribution is -0.144. The van der Waals surface area contributed by atoms with E-state index in [1.54, 1.807) is 6.92 Å². The summed E-state index contributed by atoms with van der Waals surface area (Å²) in [4.78, 5) is 27.6. The van der Waals surface area contributed by atoms with Gasteiger partial charge in [-0.25, -0.2) is 9.59 Å². The number of amides is 2. The number of hydrogen-bond donors (Lipinski definition) is 3. The van der Waals surface area contributed by atoms with Crippen LogP contribution in [0.2, 0.25) is 0 Å². The Hall–Kier alpha value is -2.17.